The third kappa shape index (κ3) is 2.78. The largest absolute Gasteiger partial charge is 0.335 e. The molecular formula is C17H19NOS. The lowest BCUT2D eigenvalue weighted by Crippen LogP contribution is -2.31. The minimum Gasteiger partial charge on any atom is -0.335 e. The van der Waals surface area contributed by atoms with Crippen molar-refractivity contribution in [2.45, 2.75) is 32.2 Å². The van der Waals surface area contributed by atoms with Crippen LogP contribution in [0.3, 0.4) is 0 Å². The van der Waals surface area contributed by atoms with Crippen molar-refractivity contribution in [3.63, 3.8) is 0 Å². The monoisotopic (exact) mass is 285 g/mol. The number of benzene rings is 1. The van der Waals surface area contributed by atoms with E-state index in [2.05, 4.69) is 41.5 Å². The van der Waals surface area contributed by atoms with E-state index in [1.54, 1.807) is 11.3 Å². The minimum absolute atomic E-state index is 0.256. The Morgan fingerprint density at radius 2 is 2.10 bits per heavy atom. The van der Waals surface area contributed by atoms with E-state index < -0.39 is 0 Å². The van der Waals surface area contributed by atoms with Gasteiger partial charge in [-0.05, 0) is 47.7 Å². The van der Waals surface area contributed by atoms with Crippen LogP contribution in [0.5, 0.6) is 0 Å². The van der Waals surface area contributed by atoms with Crippen molar-refractivity contribution < 1.29 is 4.79 Å². The van der Waals surface area contributed by atoms with Crippen molar-refractivity contribution in [3.8, 4) is 0 Å². The Bertz CT molecular complexity index is 574. The van der Waals surface area contributed by atoms with Crippen LogP contribution in [-0.4, -0.2) is 17.4 Å². The molecule has 0 radical (unpaired) electrons. The first-order valence-electron chi connectivity index (χ1n) is 7.11. The summed E-state index contributed by atoms with van der Waals surface area (Å²) in [6.45, 7) is 2.99. The van der Waals surface area contributed by atoms with Gasteiger partial charge in [-0.25, -0.2) is 0 Å². The molecule has 1 amide bonds. The van der Waals surface area contributed by atoms with Crippen LogP contribution in [0.4, 0.5) is 0 Å². The molecule has 1 aromatic carbocycles. The number of carbonyl (C=O) groups is 1. The summed E-state index contributed by atoms with van der Waals surface area (Å²) in [7, 11) is 0. The highest BCUT2D eigenvalue weighted by atomic mass is 32.1. The van der Waals surface area contributed by atoms with E-state index in [1.807, 2.05) is 11.4 Å². The summed E-state index contributed by atoms with van der Waals surface area (Å²) >= 11 is 1.65. The Morgan fingerprint density at radius 3 is 2.80 bits per heavy atom. The Hall–Kier alpha value is -1.61. The van der Waals surface area contributed by atoms with Crippen molar-refractivity contribution >= 4 is 17.2 Å². The van der Waals surface area contributed by atoms with E-state index in [0.717, 1.165) is 24.9 Å². The van der Waals surface area contributed by atoms with Gasteiger partial charge < -0.3 is 4.90 Å². The van der Waals surface area contributed by atoms with Crippen molar-refractivity contribution in [2.75, 3.05) is 6.54 Å². The highest BCUT2D eigenvalue weighted by Crippen LogP contribution is 2.32. The molecule has 1 saturated heterocycles. The van der Waals surface area contributed by atoms with E-state index >= 15 is 0 Å². The first-order chi connectivity index (χ1) is 9.74. The van der Waals surface area contributed by atoms with Crippen LogP contribution >= 0.6 is 11.3 Å². The molecule has 1 aliphatic heterocycles. The maximum absolute atomic E-state index is 12.5. The Labute approximate surface area is 124 Å². The van der Waals surface area contributed by atoms with E-state index in [4.69, 9.17) is 0 Å². The molecule has 20 heavy (non-hydrogen) atoms. The fourth-order valence-electron chi connectivity index (χ4n) is 2.87. The molecule has 2 aromatic rings. The van der Waals surface area contributed by atoms with Crippen LogP contribution in [0.1, 0.15) is 35.6 Å². The van der Waals surface area contributed by atoms with Crippen LogP contribution < -0.4 is 0 Å². The zero-order valence-electron chi connectivity index (χ0n) is 11.7. The number of amides is 1. The van der Waals surface area contributed by atoms with Crippen molar-refractivity contribution in [1.29, 1.82) is 0 Å². The lowest BCUT2D eigenvalue weighted by molar-refractivity contribution is -0.131. The van der Waals surface area contributed by atoms with E-state index in [1.165, 1.54) is 11.1 Å². The molecule has 0 N–H and O–H groups in total. The second-order valence-electron chi connectivity index (χ2n) is 5.46. The number of hydrogen-bond donors (Lipinski definition) is 0. The first-order valence-corrected chi connectivity index (χ1v) is 8.05. The summed E-state index contributed by atoms with van der Waals surface area (Å²) in [5.74, 6) is 0.256. The van der Waals surface area contributed by atoms with E-state index in [-0.39, 0.29) is 11.9 Å². The molecule has 2 heterocycles. The molecule has 1 aliphatic rings. The molecule has 0 aliphatic carbocycles. The molecule has 1 aromatic heterocycles. The second-order valence-corrected chi connectivity index (χ2v) is 6.24. The molecular weight excluding hydrogens is 266 g/mol. The molecule has 1 fully saturated rings. The van der Waals surface area contributed by atoms with Gasteiger partial charge in [-0.1, -0.05) is 29.8 Å². The van der Waals surface area contributed by atoms with Gasteiger partial charge in [0.2, 0.25) is 5.91 Å². The molecule has 104 valence electrons. The SMILES string of the molecule is Cc1ccc(C2CCCN2C(=O)Cc2ccsc2)cc1. The fourth-order valence-corrected chi connectivity index (χ4v) is 3.54. The van der Waals surface area contributed by atoms with Crippen LogP contribution in [0.15, 0.2) is 41.1 Å². The van der Waals surface area contributed by atoms with Gasteiger partial charge in [0.05, 0.1) is 12.5 Å². The molecule has 0 bridgehead atoms. The zero-order chi connectivity index (χ0) is 13.9. The minimum atomic E-state index is 0.256. The number of nitrogens with zero attached hydrogens (tertiary/aromatic N) is 1. The van der Waals surface area contributed by atoms with Gasteiger partial charge >= 0.3 is 0 Å². The smallest absolute Gasteiger partial charge is 0.227 e. The number of likely N-dealkylation sites (tertiary alicyclic amines) is 1. The number of hydrogen-bond acceptors (Lipinski definition) is 2. The molecule has 0 saturated carbocycles. The van der Waals surface area contributed by atoms with Gasteiger partial charge in [0.1, 0.15) is 0 Å². The summed E-state index contributed by atoms with van der Waals surface area (Å²) in [5.41, 5.74) is 3.67. The summed E-state index contributed by atoms with van der Waals surface area (Å²) in [6, 6.07) is 10.9. The lowest BCUT2D eigenvalue weighted by atomic mass is 10.0. The number of thiophene rings is 1. The molecule has 0 spiro atoms. The number of aryl methyl sites for hydroxylation is 1. The van der Waals surface area contributed by atoms with Crippen molar-refractivity contribution in [1.82, 2.24) is 4.90 Å². The molecule has 1 atom stereocenters. The maximum atomic E-state index is 12.5. The van der Waals surface area contributed by atoms with E-state index in [0.29, 0.717) is 6.42 Å². The third-order valence-electron chi connectivity index (χ3n) is 3.97. The van der Waals surface area contributed by atoms with Crippen LogP contribution in [0, 0.1) is 6.92 Å². The van der Waals surface area contributed by atoms with Gasteiger partial charge in [0, 0.05) is 6.54 Å². The summed E-state index contributed by atoms with van der Waals surface area (Å²) < 4.78 is 0. The first kappa shape index (κ1) is 13.4. The van der Waals surface area contributed by atoms with Crippen LogP contribution in [-0.2, 0) is 11.2 Å². The predicted octanol–water partition coefficient (Wildman–Crippen LogP) is 3.96. The average Bonchev–Trinajstić information content (AvgIpc) is 3.10. The standard InChI is InChI=1S/C17H19NOS/c1-13-4-6-15(7-5-13)16-3-2-9-18(16)17(19)11-14-8-10-20-12-14/h4-8,10,12,16H,2-3,9,11H2,1H3. The maximum Gasteiger partial charge on any atom is 0.227 e. The highest BCUT2D eigenvalue weighted by molar-refractivity contribution is 7.07. The van der Waals surface area contributed by atoms with Gasteiger partial charge in [0.15, 0.2) is 0 Å². The summed E-state index contributed by atoms with van der Waals surface area (Å²) in [5, 5.41) is 4.10. The van der Waals surface area contributed by atoms with Crippen molar-refractivity contribution in [3.05, 3.63) is 57.8 Å². The number of rotatable bonds is 3. The summed E-state index contributed by atoms with van der Waals surface area (Å²) in [4.78, 5) is 14.6. The Balaban J connectivity index is 1.75. The average molecular weight is 285 g/mol. The van der Waals surface area contributed by atoms with Gasteiger partial charge in [-0.3, -0.25) is 4.79 Å². The fraction of sp³-hybridized carbons (Fsp3) is 0.353. The highest BCUT2D eigenvalue weighted by Gasteiger charge is 2.29. The third-order valence-corrected chi connectivity index (χ3v) is 4.70. The normalized spacial score (nSPS) is 18.4. The van der Waals surface area contributed by atoms with Gasteiger partial charge in [-0.15, -0.1) is 0 Å². The molecule has 1 unspecified atom stereocenters. The van der Waals surface area contributed by atoms with E-state index in [9.17, 15) is 4.79 Å². The lowest BCUT2D eigenvalue weighted by Gasteiger charge is -2.25. The zero-order valence-corrected chi connectivity index (χ0v) is 12.5. The molecule has 3 heteroatoms. The quantitative estimate of drug-likeness (QED) is 0.836. The Kier molecular flexibility index (Phi) is 3.88. The van der Waals surface area contributed by atoms with Crippen molar-refractivity contribution in [2.24, 2.45) is 0 Å². The Morgan fingerprint density at radius 1 is 1.30 bits per heavy atom. The summed E-state index contributed by atoms with van der Waals surface area (Å²) in [6.07, 6.45) is 2.72. The molecule has 3 rings (SSSR count). The molecule has 2 nitrogen and oxygen atoms in total. The van der Waals surface area contributed by atoms with Gasteiger partial charge in [-0.2, -0.15) is 11.3 Å². The van der Waals surface area contributed by atoms with Gasteiger partial charge in [0.25, 0.3) is 0 Å². The number of carbonyl (C=O) groups excluding carboxylic acids is 1. The van der Waals surface area contributed by atoms with Crippen LogP contribution in [0.25, 0.3) is 0 Å². The predicted molar refractivity (Wildman–Crippen MR) is 82.9 cm³/mol. The second kappa shape index (κ2) is 5.80. The topological polar surface area (TPSA) is 20.3 Å². The van der Waals surface area contributed by atoms with Crippen LogP contribution in [0.2, 0.25) is 0 Å².